The normalized spacial score (nSPS) is 11.3. The fourth-order valence-corrected chi connectivity index (χ4v) is 3.36. The zero-order valence-electron chi connectivity index (χ0n) is 16.9. The highest BCUT2D eigenvalue weighted by Crippen LogP contribution is 2.25. The molecule has 1 heteroatoms. The Hall–Kier alpha value is -1.63. The maximum Gasteiger partial charge on any atom is 0.0733 e. The summed E-state index contributed by atoms with van der Waals surface area (Å²) in [4.78, 5) is 4.65. The minimum atomic E-state index is 0.856. The number of aromatic nitrogens is 1. The largest absolute Gasteiger partial charge is 0.256 e. The van der Waals surface area contributed by atoms with Crippen LogP contribution in [0.3, 0.4) is 0 Å². The van der Waals surface area contributed by atoms with Crippen molar-refractivity contribution in [1.82, 2.24) is 4.98 Å². The van der Waals surface area contributed by atoms with Crippen molar-refractivity contribution in [3.63, 3.8) is 0 Å². The van der Waals surface area contributed by atoms with Gasteiger partial charge in [-0.15, -0.1) is 0 Å². The monoisotopic (exact) mass is 337 g/mol. The van der Waals surface area contributed by atoms with E-state index in [1.54, 1.807) is 0 Å². The molecule has 1 heterocycles. The van der Waals surface area contributed by atoms with E-state index in [0.29, 0.717) is 0 Å². The highest BCUT2D eigenvalue weighted by molar-refractivity contribution is 5.65. The van der Waals surface area contributed by atoms with Gasteiger partial charge in [0.25, 0.3) is 0 Å². The molecule has 25 heavy (non-hydrogen) atoms. The third kappa shape index (κ3) is 5.99. The lowest BCUT2D eigenvalue weighted by atomic mass is 9.98. The molecule has 0 fully saturated rings. The standard InChI is InChI=1S/C24H35N/c1-18(2)11-9-7-6-8-10-12-22-13-15-23(16-14-22)24-21(5)20(4)19(3)17-25-24/h13-18H,6-12H2,1-5H3. The van der Waals surface area contributed by atoms with Crippen molar-refractivity contribution in [2.45, 2.75) is 79.6 Å². The zero-order chi connectivity index (χ0) is 18.2. The van der Waals surface area contributed by atoms with Crippen LogP contribution in [0, 0.1) is 26.7 Å². The van der Waals surface area contributed by atoms with Crippen LogP contribution in [-0.4, -0.2) is 4.98 Å². The lowest BCUT2D eigenvalue weighted by molar-refractivity contribution is 0.515. The number of nitrogens with zero attached hydrogens (tertiary/aromatic N) is 1. The topological polar surface area (TPSA) is 12.9 Å². The van der Waals surface area contributed by atoms with E-state index in [2.05, 4.69) is 63.9 Å². The zero-order valence-corrected chi connectivity index (χ0v) is 16.9. The fourth-order valence-electron chi connectivity index (χ4n) is 3.36. The van der Waals surface area contributed by atoms with Crippen LogP contribution in [0.1, 0.15) is 74.6 Å². The Morgan fingerprint density at radius 1 is 0.800 bits per heavy atom. The molecule has 1 nitrogen and oxygen atoms in total. The lowest BCUT2D eigenvalue weighted by Crippen LogP contribution is -1.95. The van der Waals surface area contributed by atoms with Crippen molar-refractivity contribution in [2.75, 3.05) is 0 Å². The van der Waals surface area contributed by atoms with E-state index in [1.165, 1.54) is 72.8 Å². The van der Waals surface area contributed by atoms with Crippen LogP contribution >= 0.6 is 0 Å². The predicted octanol–water partition coefficient (Wildman–Crippen LogP) is 7.21. The first-order valence-corrected chi connectivity index (χ1v) is 10.0. The summed E-state index contributed by atoms with van der Waals surface area (Å²) in [6, 6.07) is 9.04. The molecular weight excluding hydrogens is 302 g/mol. The molecule has 0 aliphatic rings. The molecule has 136 valence electrons. The Balaban J connectivity index is 1.81. The highest BCUT2D eigenvalue weighted by atomic mass is 14.7. The molecule has 0 saturated carbocycles. The number of unbranched alkanes of at least 4 members (excludes halogenated alkanes) is 4. The molecule has 0 radical (unpaired) electrons. The Morgan fingerprint density at radius 3 is 2.12 bits per heavy atom. The number of hydrogen-bond acceptors (Lipinski definition) is 1. The SMILES string of the molecule is Cc1cnc(-c2ccc(CCCCCCCC(C)C)cc2)c(C)c1C. The van der Waals surface area contributed by atoms with Gasteiger partial charge in [-0.2, -0.15) is 0 Å². The summed E-state index contributed by atoms with van der Waals surface area (Å²) < 4.78 is 0. The van der Waals surface area contributed by atoms with E-state index >= 15 is 0 Å². The smallest absolute Gasteiger partial charge is 0.0733 e. The van der Waals surface area contributed by atoms with Gasteiger partial charge in [0.2, 0.25) is 0 Å². The quantitative estimate of drug-likeness (QED) is 0.440. The van der Waals surface area contributed by atoms with Gasteiger partial charge in [-0.1, -0.05) is 70.2 Å². The second-order valence-corrected chi connectivity index (χ2v) is 7.94. The van der Waals surface area contributed by atoms with Gasteiger partial charge in [-0.25, -0.2) is 0 Å². The minimum Gasteiger partial charge on any atom is -0.256 e. The maximum absolute atomic E-state index is 4.65. The number of benzene rings is 1. The fraction of sp³-hybridized carbons (Fsp3) is 0.542. The summed E-state index contributed by atoms with van der Waals surface area (Å²) >= 11 is 0. The van der Waals surface area contributed by atoms with Gasteiger partial charge < -0.3 is 0 Å². The van der Waals surface area contributed by atoms with Crippen LogP contribution in [-0.2, 0) is 6.42 Å². The van der Waals surface area contributed by atoms with Crippen LogP contribution in [0.5, 0.6) is 0 Å². The van der Waals surface area contributed by atoms with Crippen molar-refractivity contribution >= 4 is 0 Å². The van der Waals surface area contributed by atoms with Gasteiger partial charge in [-0.3, -0.25) is 4.98 Å². The number of rotatable bonds is 9. The third-order valence-electron chi connectivity index (χ3n) is 5.37. The van der Waals surface area contributed by atoms with Crippen molar-refractivity contribution in [1.29, 1.82) is 0 Å². The molecule has 0 N–H and O–H groups in total. The summed E-state index contributed by atoms with van der Waals surface area (Å²) in [5.41, 5.74) is 7.73. The Labute approximate surface area is 154 Å². The van der Waals surface area contributed by atoms with Crippen LogP contribution in [0.4, 0.5) is 0 Å². The maximum atomic E-state index is 4.65. The first kappa shape index (κ1) is 19.7. The molecule has 0 unspecified atom stereocenters. The average molecular weight is 338 g/mol. The Kier molecular flexibility index (Phi) is 7.68. The van der Waals surface area contributed by atoms with E-state index in [-0.39, 0.29) is 0 Å². The lowest BCUT2D eigenvalue weighted by Gasteiger charge is -2.11. The molecule has 0 aliphatic heterocycles. The molecule has 1 aromatic heterocycles. The van der Waals surface area contributed by atoms with Gasteiger partial charge in [0.15, 0.2) is 0 Å². The molecule has 2 aromatic rings. The number of aryl methyl sites for hydroxylation is 2. The van der Waals surface area contributed by atoms with E-state index in [0.717, 1.165) is 11.6 Å². The predicted molar refractivity (Wildman–Crippen MR) is 110 cm³/mol. The molecule has 1 aromatic carbocycles. The summed E-state index contributed by atoms with van der Waals surface area (Å²) in [7, 11) is 0. The van der Waals surface area contributed by atoms with Gasteiger partial charge in [0, 0.05) is 11.8 Å². The molecular formula is C24H35N. The van der Waals surface area contributed by atoms with Crippen LogP contribution < -0.4 is 0 Å². The first-order chi connectivity index (χ1) is 12.0. The second kappa shape index (κ2) is 9.75. The summed E-state index contributed by atoms with van der Waals surface area (Å²) in [6.45, 7) is 11.1. The number of hydrogen-bond donors (Lipinski definition) is 0. The summed E-state index contributed by atoms with van der Waals surface area (Å²) in [5, 5.41) is 0. The second-order valence-electron chi connectivity index (χ2n) is 7.94. The van der Waals surface area contributed by atoms with Gasteiger partial charge in [-0.05, 0) is 61.8 Å². The van der Waals surface area contributed by atoms with E-state index in [4.69, 9.17) is 0 Å². The van der Waals surface area contributed by atoms with Crippen molar-refractivity contribution < 1.29 is 0 Å². The average Bonchev–Trinajstić information content (AvgIpc) is 2.59. The highest BCUT2D eigenvalue weighted by Gasteiger charge is 2.07. The first-order valence-electron chi connectivity index (χ1n) is 10.0. The van der Waals surface area contributed by atoms with Gasteiger partial charge in [0.05, 0.1) is 5.69 Å². The molecule has 2 rings (SSSR count). The summed E-state index contributed by atoms with van der Waals surface area (Å²) in [6.07, 6.45) is 11.4. The van der Waals surface area contributed by atoms with E-state index in [9.17, 15) is 0 Å². The number of pyridine rings is 1. The van der Waals surface area contributed by atoms with Crippen LogP contribution in [0.25, 0.3) is 11.3 Å². The molecule has 0 bridgehead atoms. The molecule has 0 saturated heterocycles. The van der Waals surface area contributed by atoms with Gasteiger partial charge in [0.1, 0.15) is 0 Å². The molecule has 0 atom stereocenters. The van der Waals surface area contributed by atoms with Crippen LogP contribution in [0.2, 0.25) is 0 Å². The molecule has 0 aliphatic carbocycles. The summed E-state index contributed by atoms with van der Waals surface area (Å²) in [5.74, 6) is 0.856. The Bertz CT molecular complexity index is 653. The Morgan fingerprint density at radius 2 is 1.44 bits per heavy atom. The van der Waals surface area contributed by atoms with Crippen molar-refractivity contribution in [3.8, 4) is 11.3 Å². The third-order valence-corrected chi connectivity index (χ3v) is 5.37. The van der Waals surface area contributed by atoms with Crippen LogP contribution in [0.15, 0.2) is 30.5 Å². The minimum absolute atomic E-state index is 0.856. The van der Waals surface area contributed by atoms with Gasteiger partial charge >= 0.3 is 0 Å². The molecule has 0 amide bonds. The van der Waals surface area contributed by atoms with E-state index < -0.39 is 0 Å². The molecule has 0 spiro atoms. The van der Waals surface area contributed by atoms with Crippen molar-refractivity contribution in [3.05, 3.63) is 52.7 Å². The van der Waals surface area contributed by atoms with E-state index in [1.807, 2.05) is 6.20 Å². The van der Waals surface area contributed by atoms with Crippen molar-refractivity contribution in [2.24, 2.45) is 5.92 Å².